The van der Waals surface area contributed by atoms with E-state index in [2.05, 4.69) is 4.72 Å². The van der Waals surface area contributed by atoms with E-state index in [1.54, 1.807) is 31.2 Å². The van der Waals surface area contributed by atoms with E-state index >= 15 is 0 Å². The lowest BCUT2D eigenvalue weighted by molar-refractivity contribution is 0.512. The molecule has 126 valence electrons. The Morgan fingerprint density at radius 3 is 2.58 bits per heavy atom. The van der Waals surface area contributed by atoms with Crippen LogP contribution in [0.25, 0.3) is 11.1 Å². The lowest BCUT2D eigenvalue weighted by Gasteiger charge is -2.11. The first-order valence-corrected chi connectivity index (χ1v) is 9.03. The summed E-state index contributed by atoms with van der Waals surface area (Å²) < 4.78 is 34.6. The maximum atomic E-state index is 12.7. The molecule has 0 unspecified atom stereocenters. The number of fused-ring (bicyclic) bond motifs is 1. The Kier molecular flexibility index (Phi) is 3.96. The van der Waals surface area contributed by atoms with Crippen LogP contribution in [0.15, 0.2) is 50.5 Å². The standard InChI is InChI=1S/C17H18N2O4S/c1-4-19-14-9-12(3)16(10-15(14)23-17(19)20)24(21,22)18-13-7-5-6-11(2)8-13/h5-10,18H,4H2,1-3H3. The van der Waals surface area contributed by atoms with Crippen LogP contribution in [0.1, 0.15) is 18.1 Å². The summed E-state index contributed by atoms with van der Waals surface area (Å²) >= 11 is 0. The minimum Gasteiger partial charge on any atom is -0.408 e. The highest BCUT2D eigenvalue weighted by Crippen LogP contribution is 2.25. The molecule has 0 aliphatic rings. The summed E-state index contributed by atoms with van der Waals surface area (Å²) in [5.41, 5.74) is 2.84. The van der Waals surface area contributed by atoms with Crippen molar-refractivity contribution in [1.82, 2.24) is 4.57 Å². The Bertz CT molecular complexity index is 1080. The topological polar surface area (TPSA) is 81.3 Å². The maximum absolute atomic E-state index is 12.7. The van der Waals surface area contributed by atoms with Crippen molar-refractivity contribution in [3.05, 3.63) is 58.1 Å². The molecular formula is C17H18N2O4S. The first-order valence-electron chi connectivity index (χ1n) is 7.55. The van der Waals surface area contributed by atoms with Gasteiger partial charge in [-0.2, -0.15) is 0 Å². The van der Waals surface area contributed by atoms with E-state index in [9.17, 15) is 13.2 Å². The summed E-state index contributed by atoms with van der Waals surface area (Å²) in [4.78, 5) is 11.9. The lowest BCUT2D eigenvalue weighted by Crippen LogP contribution is -2.14. The van der Waals surface area contributed by atoms with E-state index in [1.807, 2.05) is 19.9 Å². The van der Waals surface area contributed by atoms with Gasteiger partial charge in [0.1, 0.15) is 0 Å². The van der Waals surface area contributed by atoms with Crippen molar-refractivity contribution in [3.63, 3.8) is 0 Å². The second-order valence-corrected chi connectivity index (χ2v) is 7.32. The highest BCUT2D eigenvalue weighted by molar-refractivity contribution is 7.92. The van der Waals surface area contributed by atoms with Crippen molar-refractivity contribution in [3.8, 4) is 0 Å². The van der Waals surface area contributed by atoms with Crippen molar-refractivity contribution < 1.29 is 12.8 Å². The molecule has 3 aromatic rings. The molecule has 0 saturated heterocycles. The summed E-state index contributed by atoms with van der Waals surface area (Å²) in [7, 11) is -3.78. The zero-order valence-corrected chi connectivity index (χ0v) is 14.5. The average Bonchev–Trinajstić information content (AvgIpc) is 2.80. The quantitative estimate of drug-likeness (QED) is 0.787. The highest BCUT2D eigenvalue weighted by atomic mass is 32.2. The molecule has 2 aromatic carbocycles. The number of nitrogens with one attached hydrogen (secondary N) is 1. The molecule has 0 saturated carbocycles. The molecule has 7 heteroatoms. The Hall–Kier alpha value is -2.54. The van der Waals surface area contributed by atoms with E-state index in [4.69, 9.17) is 4.42 Å². The van der Waals surface area contributed by atoms with Gasteiger partial charge in [0.2, 0.25) is 0 Å². The van der Waals surface area contributed by atoms with Gasteiger partial charge < -0.3 is 4.42 Å². The molecule has 1 heterocycles. The average molecular weight is 346 g/mol. The van der Waals surface area contributed by atoms with E-state index < -0.39 is 15.8 Å². The maximum Gasteiger partial charge on any atom is 0.419 e. The number of benzene rings is 2. The number of aryl methyl sites for hydroxylation is 3. The van der Waals surface area contributed by atoms with Crippen LogP contribution in [0.3, 0.4) is 0 Å². The van der Waals surface area contributed by atoms with Crippen LogP contribution in [0.4, 0.5) is 5.69 Å². The Morgan fingerprint density at radius 2 is 1.92 bits per heavy atom. The van der Waals surface area contributed by atoms with Crippen molar-refractivity contribution >= 4 is 26.8 Å². The molecule has 24 heavy (non-hydrogen) atoms. The third-order valence-electron chi connectivity index (χ3n) is 3.84. The van der Waals surface area contributed by atoms with Crippen LogP contribution in [-0.2, 0) is 16.6 Å². The van der Waals surface area contributed by atoms with Crippen LogP contribution in [0.2, 0.25) is 0 Å². The molecule has 0 aliphatic heterocycles. The summed E-state index contributed by atoms with van der Waals surface area (Å²) in [5, 5.41) is 0. The predicted octanol–water partition coefficient (Wildman–Crippen LogP) is 3.03. The normalized spacial score (nSPS) is 11.8. The number of nitrogens with zero attached hydrogens (tertiary/aromatic N) is 1. The summed E-state index contributed by atoms with van der Waals surface area (Å²) in [5.74, 6) is -0.493. The van der Waals surface area contributed by atoms with Gasteiger partial charge in [-0.3, -0.25) is 9.29 Å². The molecule has 0 bridgehead atoms. The Morgan fingerprint density at radius 1 is 1.17 bits per heavy atom. The van der Waals surface area contributed by atoms with Crippen LogP contribution in [0, 0.1) is 13.8 Å². The van der Waals surface area contributed by atoms with Crippen molar-refractivity contribution in [1.29, 1.82) is 0 Å². The predicted molar refractivity (Wildman–Crippen MR) is 92.9 cm³/mol. The van der Waals surface area contributed by atoms with E-state index in [0.717, 1.165) is 5.56 Å². The fourth-order valence-corrected chi connectivity index (χ4v) is 3.99. The van der Waals surface area contributed by atoms with Gasteiger partial charge in [0.15, 0.2) is 5.58 Å². The third kappa shape index (κ3) is 2.82. The van der Waals surface area contributed by atoms with Gasteiger partial charge in [-0.15, -0.1) is 0 Å². The van der Waals surface area contributed by atoms with Gasteiger partial charge in [0, 0.05) is 18.3 Å². The second kappa shape index (κ2) is 5.83. The van der Waals surface area contributed by atoms with Gasteiger partial charge in [-0.25, -0.2) is 13.2 Å². The number of hydrogen-bond acceptors (Lipinski definition) is 4. The number of oxazole rings is 1. The van der Waals surface area contributed by atoms with Gasteiger partial charge in [0.25, 0.3) is 10.0 Å². The van der Waals surface area contributed by atoms with Crippen LogP contribution < -0.4 is 10.5 Å². The molecule has 1 aromatic heterocycles. The minimum atomic E-state index is -3.78. The zero-order valence-electron chi connectivity index (χ0n) is 13.7. The largest absolute Gasteiger partial charge is 0.419 e. The van der Waals surface area contributed by atoms with Crippen molar-refractivity contribution in [2.75, 3.05) is 4.72 Å². The van der Waals surface area contributed by atoms with E-state index in [1.165, 1.54) is 10.6 Å². The number of hydrogen-bond donors (Lipinski definition) is 1. The number of rotatable bonds is 4. The molecule has 0 spiro atoms. The van der Waals surface area contributed by atoms with Crippen molar-refractivity contribution in [2.45, 2.75) is 32.2 Å². The number of anilines is 1. The smallest absolute Gasteiger partial charge is 0.408 e. The first-order chi connectivity index (χ1) is 11.3. The first kappa shape index (κ1) is 16.3. The van der Waals surface area contributed by atoms with Crippen molar-refractivity contribution in [2.24, 2.45) is 0 Å². The van der Waals surface area contributed by atoms with Gasteiger partial charge in [-0.05, 0) is 50.1 Å². The van der Waals surface area contributed by atoms with Crippen LogP contribution >= 0.6 is 0 Å². The van der Waals surface area contributed by atoms with Crippen LogP contribution in [0.5, 0.6) is 0 Å². The molecule has 0 radical (unpaired) electrons. The lowest BCUT2D eigenvalue weighted by atomic mass is 10.2. The highest BCUT2D eigenvalue weighted by Gasteiger charge is 2.20. The molecule has 1 N–H and O–H groups in total. The molecule has 3 rings (SSSR count). The summed E-state index contributed by atoms with van der Waals surface area (Å²) in [6.45, 7) is 5.87. The molecular weight excluding hydrogens is 328 g/mol. The van der Waals surface area contributed by atoms with Gasteiger partial charge >= 0.3 is 5.76 Å². The molecule has 0 amide bonds. The van der Waals surface area contributed by atoms with Crippen LogP contribution in [-0.4, -0.2) is 13.0 Å². The molecule has 0 atom stereocenters. The fourth-order valence-electron chi connectivity index (χ4n) is 2.70. The Balaban J connectivity index is 2.11. The van der Waals surface area contributed by atoms with E-state index in [-0.39, 0.29) is 10.5 Å². The number of sulfonamides is 1. The van der Waals surface area contributed by atoms with Gasteiger partial charge in [-0.1, -0.05) is 12.1 Å². The molecule has 0 aliphatic carbocycles. The minimum absolute atomic E-state index is 0.0912. The Labute approximate surface area is 139 Å². The van der Waals surface area contributed by atoms with E-state index in [0.29, 0.717) is 23.3 Å². The zero-order chi connectivity index (χ0) is 17.5. The fraction of sp³-hybridized carbons (Fsp3) is 0.235. The second-order valence-electron chi connectivity index (χ2n) is 5.67. The molecule has 6 nitrogen and oxygen atoms in total. The molecule has 0 fully saturated rings. The monoisotopic (exact) mass is 346 g/mol. The third-order valence-corrected chi connectivity index (χ3v) is 5.36. The summed E-state index contributed by atoms with van der Waals surface area (Å²) in [6.07, 6.45) is 0. The summed E-state index contributed by atoms with van der Waals surface area (Å²) in [6, 6.07) is 10.2. The SMILES string of the molecule is CCn1c(=O)oc2cc(S(=O)(=O)Nc3cccc(C)c3)c(C)cc21. The van der Waals surface area contributed by atoms with Gasteiger partial charge in [0.05, 0.1) is 10.4 Å². The number of aromatic nitrogens is 1.